The van der Waals surface area contributed by atoms with Crippen LogP contribution in [0.1, 0.15) is 2.74 Å². The van der Waals surface area contributed by atoms with Gasteiger partial charge in [0.15, 0.2) is 5.58 Å². The van der Waals surface area contributed by atoms with E-state index in [0.717, 1.165) is 77.0 Å². The number of para-hydroxylation sites is 3. The summed E-state index contributed by atoms with van der Waals surface area (Å²) in [6.07, 6.45) is 0. The van der Waals surface area contributed by atoms with Crippen molar-refractivity contribution in [2.45, 2.75) is 0 Å². The molecule has 0 radical (unpaired) electrons. The van der Waals surface area contributed by atoms with E-state index in [4.69, 9.17) is 15.8 Å². The molecule has 3 heterocycles. The van der Waals surface area contributed by atoms with Crippen LogP contribution < -0.4 is 10.0 Å². The molecule has 0 N–H and O–H groups in total. The fraction of sp³-hybridized carbons (Fsp3) is 0. The Morgan fingerprint density at radius 2 is 1.18 bits per heavy atom. The molecule has 1 aliphatic heterocycles. The van der Waals surface area contributed by atoms with Crippen molar-refractivity contribution in [2.24, 2.45) is 0 Å². The number of furan rings is 1. The molecule has 0 unspecified atom stereocenters. The van der Waals surface area contributed by atoms with Crippen molar-refractivity contribution < 1.29 is 7.16 Å². The van der Waals surface area contributed by atoms with Crippen LogP contribution >= 0.6 is 0 Å². The summed E-state index contributed by atoms with van der Waals surface area (Å²) in [4.78, 5) is 10.7. The molecule has 2 aromatic heterocycles. The second-order valence-electron chi connectivity index (χ2n) is 12.8. The van der Waals surface area contributed by atoms with Gasteiger partial charge in [-0.15, -0.1) is 0 Å². The molecule has 5 heteroatoms. The molecule has 0 fully saturated rings. The van der Waals surface area contributed by atoms with Gasteiger partial charge < -0.3 is 4.42 Å². The topological polar surface area (TPSA) is 45.4 Å². The van der Waals surface area contributed by atoms with E-state index in [1.54, 1.807) is 6.07 Å². The Hall–Kier alpha value is -6.98. The molecule has 0 amide bonds. The zero-order valence-electron chi connectivity index (χ0n) is 29.2. The van der Waals surface area contributed by atoms with Gasteiger partial charge in [-0.05, 0) is 51.8 Å². The Labute approximate surface area is 296 Å². The standard InChI is InChI=1S/C46H28N4O/c1-3-16-30(17-4-1)43-35-23-11-13-25-37(35)47-46(48-43)50-44-42(34-22-10-9-21-33(34)40-36-24-12-14-26-39(36)51-45(40)44)41-32-20-8-7-15-29(32)27-28-38(41)49(50)31-18-5-2-6-19-31/h1-28H/i26D,28D. The minimum absolute atomic E-state index is 0.311. The van der Waals surface area contributed by atoms with Crippen LogP contribution in [-0.2, 0) is 0 Å². The first-order valence-electron chi connectivity index (χ1n) is 18.0. The predicted octanol–water partition coefficient (Wildman–Crippen LogP) is 12.4. The highest BCUT2D eigenvalue weighted by atomic mass is 16.3. The van der Waals surface area contributed by atoms with E-state index in [2.05, 4.69) is 59.6 Å². The third-order valence-corrected chi connectivity index (χ3v) is 9.97. The number of hydrogen-bond donors (Lipinski definition) is 0. The molecule has 0 saturated carbocycles. The molecule has 51 heavy (non-hydrogen) atoms. The Balaban J connectivity index is 1.40. The van der Waals surface area contributed by atoms with Gasteiger partial charge in [-0.1, -0.05) is 140 Å². The van der Waals surface area contributed by atoms with E-state index in [9.17, 15) is 1.37 Å². The van der Waals surface area contributed by atoms with Crippen LogP contribution in [0.4, 0.5) is 23.0 Å². The molecule has 0 saturated heterocycles. The van der Waals surface area contributed by atoms with Crippen molar-refractivity contribution in [1.29, 1.82) is 0 Å². The molecule has 0 atom stereocenters. The molecule has 0 aliphatic carbocycles. The number of nitrogens with zero attached hydrogens (tertiary/aromatic N) is 4. The van der Waals surface area contributed by atoms with Crippen molar-refractivity contribution in [3.8, 4) is 22.4 Å². The summed E-state index contributed by atoms with van der Waals surface area (Å²) in [5.41, 5.74) is 7.83. The highest BCUT2D eigenvalue weighted by Crippen LogP contribution is 2.57. The summed E-state index contributed by atoms with van der Waals surface area (Å²) in [5.74, 6) is 0.425. The first-order chi connectivity index (χ1) is 26.2. The minimum Gasteiger partial charge on any atom is -0.454 e. The van der Waals surface area contributed by atoms with Crippen LogP contribution in [0.2, 0.25) is 0 Å². The lowest BCUT2D eigenvalue weighted by molar-refractivity contribution is 0.667. The van der Waals surface area contributed by atoms with E-state index in [-0.39, 0.29) is 0 Å². The van der Waals surface area contributed by atoms with Gasteiger partial charge in [0.05, 0.1) is 25.3 Å². The molecule has 11 rings (SSSR count). The van der Waals surface area contributed by atoms with Crippen molar-refractivity contribution >= 4 is 77.4 Å². The number of anilines is 4. The van der Waals surface area contributed by atoms with Crippen LogP contribution in [0.25, 0.3) is 76.8 Å². The summed E-state index contributed by atoms with van der Waals surface area (Å²) in [6.45, 7) is 0. The second-order valence-corrected chi connectivity index (χ2v) is 12.8. The van der Waals surface area contributed by atoms with Gasteiger partial charge in [-0.2, -0.15) is 0 Å². The number of hydrazine groups is 1. The van der Waals surface area contributed by atoms with E-state index in [0.29, 0.717) is 34.9 Å². The van der Waals surface area contributed by atoms with Crippen molar-refractivity contribution in [2.75, 3.05) is 10.0 Å². The lowest BCUT2D eigenvalue weighted by Crippen LogP contribution is -2.40. The third-order valence-electron chi connectivity index (χ3n) is 9.97. The third kappa shape index (κ3) is 4.03. The number of hydrogen-bond acceptors (Lipinski definition) is 5. The first kappa shape index (κ1) is 26.0. The number of rotatable bonds is 3. The molecule has 238 valence electrons. The predicted molar refractivity (Wildman–Crippen MR) is 210 cm³/mol. The Bertz CT molecular complexity index is 3110. The summed E-state index contributed by atoms with van der Waals surface area (Å²) < 4.78 is 25.6. The van der Waals surface area contributed by atoms with Crippen LogP contribution in [0.5, 0.6) is 0 Å². The summed E-state index contributed by atoms with van der Waals surface area (Å²) in [7, 11) is 0. The van der Waals surface area contributed by atoms with E-state index >= 15 is 0 Å². The van der Waals surface area contributed by atoms with Gasteiger partial charge in [-0.25, -0.2) is 20.0 Å². The van der Waals surface area contributed by atoms with Crippen molar-refractivity contribution in [3.63, 3.8) is 0 Å². The average Bonchev–Trinajstić information content (AvgIpc) is 3.62. The fourth-order valence-corrected chi connectivity index (χ4v) is 7.82. The fourth-order valence-electron chi connectivity index (χ4n) is 7.82. The SMILES string of the molecule is [2H]c1cc2ccccc2c2c1N(c1ccccc1)N(c1nc(-c3ccccc3)c3ccccc3n1)c1c-2c2ccccc2c2c1oc1c([2H])cccc12. The normalized spacial score (nSPS) is 13.2. The lowest BCUT2D eigenvalue weighted by atomic mass is 9.87. The van der Waals surface area contributed by atoms with Crippen LogP contribution in [0.15, 0.2) is 174 Å². The quantitative estimate of drug-likeness (QED) is 0.190. The molecule has 0 bridgehead atoms. The highest BCUT2D eigenvalue weighted by molar-refractivity contribution is 6.30. The Kier molecular flexibility index (Phi) is 5.48. The van der Waals surface area contributed by atoms with Gasteiger partial charge >= 0.3 is 0 Å². The van der Waals surface area contributed by atoms with E-state index in [1.807, 2.05) is 102 Å². The maximum Gasteiger partial charge on any atom is 0.251 e. The van der Waals surface area contributed by atoms with Crippen molar-refractivity contribution in [1.82, 2.24) is 9.97 Å². The van der Waals surface area contributed by atoms with E-state index < -0.39 is 0 Å². The number of aromatic nitrogens is 2. The molecule has 5 nitrogen and oxygen atoms in total. The smallest absolute Gasteiger partial charge is 0.251 e. The zero-order chi connectivity index (χ0) is 35.2. The maximum atomic E-state index is 9.74. The summed E-state index contributed by atoms with van der Waals surface area (Å²) in [5, 5.41) is 10.8. The Morgan fingerprint density at radius 3 is 2.02 bits per heavy atom. The van der Waals surface area contributed by atoms with Gasteiger partial charge in [-0.3, -0.25) is 0 Å². The van der Waals surface area contributed by atoms with Crippen LogP contribution in [-0.4, -0.2) is 9.97 Å². The summed E-state index contributed by atoms with van der Waals surface area (Å²) >= 11 is 0. The zero-order valence-corrected chi connectivity index (χ0v) is 27.2. The molecule has 0 spiro atoms. The van der Waals surface area contributed by atoms with Crippen molar-refractivity contribution in [3.05, 3.63) is 170 Å². The van der Waals surface area contributed by atoms with Gasteiger partial charge in [0, 0.05) is 32.8 Å². The van der Waals surface area contributed by atoms with Gasteiger partial charge in [0.25, 0.3) is 5.95 Å². The second kappa shape index (κ2) is 10.8. The Morgan fingerprint density at radius 1 is 0.510 bits per heavy atom. The molecule has 8 aromatic carbocycles. The monoisotopic (exact) mass is 654 g/mol. The van der Waals surface area contributed by atoms with E-state index in [1.165, 1.54) is 0 Å². The first-order valence-corrected chi connectivity index (χ1v) is 17.0. The minimum atomic E-state index is 0.311. The van der Waals surface area contributed by atoms with Gasteiger partial charge in [0.2, 0.25) is 0 Å². The summed E-state index contributed by atoms with van der Waals surface area (Å²) in [6, 6.07) is 53.4. The maximum absolute atomic E-state index is 9.74. The largest absolute Gasteiger partial charge is 0.454 e. The molecular formula is C46H28N4O. The number of fused-ring (bicyclic) bond motifs is 13. The lowest BCUT2D eigenvalue weighted by Gasteiger charge is -2.43. The number of benzene rings is 8. The molecular weight excluding hydrogens is 625 g/mol. The molecule has 10 aromatic rings. The highest BCUT2D eigenvalue weighted by Gasteiger charge is 2.38. The van der Waals surface area contributed by atoms with Gasteiger partial charge in [0.1, 0.15) is 11.3 Å². The van der Waals surface area contributed by atoms with Crippen LogP contribution in [0, 0.1) is 0 Å². The average molecular weight is 655 g/mol. The molecule has 1 aliphatic rings. The van der Waals surface area contributed by atoms with Crippen LogP contribution in [0.3, 0.4) is 0 Å².